The summed E-state index contributed by atoms with van der Waals surface area (Å²) in [6.07, 6.45) is 0.454. The van der Waals surface area contributed by atoms with Gasteiger partial charge in [-0.3, -0.25) is 4.79 Å². The van der Waals surface area contributed by atoms with Crippen molar-refractivity contribution in [2.75, 3.05) is 38.7 Å². The molecule has 3 rings (SSSR count). The molecule has 0 saturated carbocycles. The summed E-state index contributed by atoms with van der Waals surface area (Å²) < 4.78 is 13.3. The first-order valence-electron chi connectivity index (χ1n) is 7.70. The fourth-order valence-electron chi connectivity index (χ4n) is 2.72. The smallest absolute Gasteiger partial charge is 0.319 e. The van der Waals surface area contributed by atoms with Gasteiger partial charge in [0.15, 0.2) is 0 Å². The fourth-order valence-corrected chi connectivity index (χ4v) is 3.27. The Morgan fingerprint density at radius 2 is 2.33 bits per heavy atom. The maximum Gasteiger partial charge on any atom is 0.319 e. The molecule has 0 unspecified atom stereocenters. The van der Waals surface area contributed by atoms with E-state index in [1.807, 2.05) is 12.1 Å². The van der Waals surface area contributed by atoms with Crippen molar-refractivity contribution in [3.63, 3.8) is 0 Å². The lowest BCUT2D eigenvalue weighted by Gasteiger charge is -2.16. The maximum atomic E-state index is 12.1. The molecular formula is C15H19N5O3S. The summed E-state index contributed by atoms with van der Waals surface area (Å²) in [5.41, 5.74) is 2.07. The molecule has 128 valence electrons. The van der Waals surface area contributed by atoms with Crippen LogP contribution in [-0.2, 0) is 9.53 Å². The number of ether oxygens (including phenoxy) is 1. The van der Waals surface area contributed by atoms with Gasteiger partial charge >= 0.3 is 6.03 Å². The topological polar surface area (TPSA) is 96.5 Å². The number of nitrogens with one attached hydrogen (secondary N) is 2. The zero-order chi connectivity index (χ0) is 16.9. The number of hydrogen-bond donors (Lipinski definition) is 2. The molecule has 2 heterocycles. The lowest BCUT2D eigenvalue weighted by atomic mass is 10.1. The third kappa shape index (κ3) is 3.80. The van der Waals surface area contributed by atoms with Crippen molar-refractivity contribution in [1.82, 2.24) is 19.0 Å². The van der Waals surface area contributed by atoms with E-state index < -0.39 is 0 Å². The maximum absolute atomic E-state index is 12.1. The molecule has 24 heavy (non-hydrogen) atoms. The van der Waals surface area contributed by atoms with Gasteiger partial charge in [0.1, 0.15) is 11.0 Å². The molecule has 2 N–H and O–H groups in total. The monoisotopic (exact) mass is 349 g/mol. The Hall–Kier alpha value is -2.26. The number of benzene rings is 1. The van der Waals surface area contributed by atoms with E-state index in [1.165, 1.54) is 0 Å². The number of aromatic nitrogens is 2. The number of rotatable bonds is 6. The first kappa shape index (κ1) is 16.6. The minimum absolute atomic E-state index is 0.109. The van der Waals surface area contributed by atoms with E-state index in [0.717, 1.165) is 17.2 Å². The highest BCUT2D eigenvalue weighted by Gasteiger charge is 2.29. The highest BCUT2D eigenvalue weighted by atomic mass is 32.1. The zero-order valence-corrected chi connectivity index (χ0v) is 14.1. The summed E-state index contributed by atoms with van der Waals surface area (Å²) in [6, 6.07) is 5.15. The Kier molecular flexibility index (Phi) is 5.21. The van der Waals surface area contributed by atoms with Crippen molar-refractivity contribution in [3.05, 3.63) is 18.2 Å². The average molecular weight is 349 g/mol. The molecular weight excluding hydrogens is 330 g/mol. The van der Waals surface area contributed by atoms with Gasteiger partial charge in [-0.05, 0) is 12.1 Å². The Balaban J connectivity index is 1.49. The molecule has 0 bridgehead atoms. The molecule has 0 spiro atoms. The number of nitrogens with zero attached hydrogens (tertiary/aromatic N) is 3. The number of carbonyl (C=O) groups is 2. The summed E-state index contributed by atoms with van der Waals surface area (Å²) in [6.45, 7) is 2.22. The number of amides is 3. The van der Waals surface area contributed by atoms with Gasteiger partial charge in [0, 0.05) is 39.1 Å². The van der Waals surface area contributed by atoms with E-state index in [2.05, 4.69) is 19.4 Å². The second kappa shape index (κ2) is 7.54. The van der Waals surface area contributed by atoms with E-state index >= 15 is 0 Å². The van der Waals surface area contributed by atoms with Crippen LogP contribution in [0.25, 0.3) is 11.0 Å². The standard InChI is InChI=1S/C15H19N5O3S/c1-23-6-5-20-9-10(7-13(20)21)8-16-15(22)17-11-3-2-4-12-14(11)19-24-18-12/h2-4,10H,5-9H2,1H3,(H2,16,17,22)/t10-/m0/s1. The summed E-state index contributed by atoms with van der Waals surface area (Å²) in [7, 11) is 1.61. The summed E-state index contributed by atoms with van der Waals surface area (Å²) >= 11 is 1.11. The van der Waals surface area contributed by atoms with Crippen molar-refractivity contribution >= 4 is 40.4 Å². The van der Waals surface area contributed by atoms with Crippen LogP contribution in [0.5, 0.6) is 0 Å². The predicted octanol–water partition coefficient (Wildman–Crippen LogP) is 1.31. The number of anilines is 1. The molecule has 2 aromatic rings. The predicted molar refractivity (Wildman–Crippen MR) is 91.0 cm³/mol. The fraction of sp³-hybridized carbons (Fsp3) is 0.467. The van der Waals surface area contributed by atoms with Crippen molar-refractivity contribution in [3.8, 4) is 0 Å². The molecule has 1 aromatic heterocycles. The second-order valence-corrected chi connectivity index (χ2v) is 6.20. The molecule has 0 radical (unpaired) electrons. The van der Waals surface area contributed by atoms with Gasteiger partial charge in [-0.25, -0.2) is 4.79 Å². The number of urea groups is 1. The van der Waals surface area contributed by atoms with E-state index in [-0.39, 0.29) is 17.9 Å². The largest absolute Gasteiger partial charge is 0.383 e. The lowest BCUT2D eigenvalue weighted by Crippen LogP contribution is -2.34. The highest BCUT2D eigenvalue weighted by molar-refractivity contribution is 7.00. The molecule has 9 heteroatoms. The van der Waals surface area contributed by atoms with Gasteiger partial charge in [0.05, 0.1) is 24.0 Å². The van der Waals surface area contributed by atoms with E-state index in [9.17, 15) is 9.59 Å². The lowest BCUT2D eigenvalue weighted by molar-refractivity contribution is -0.128. The van der Waals surface area contributed by atoms with Gasteiger partial charge in [-0.2, -0.15) is 8.75 Å². The highest BCUT2D eigenvalue weighted by Crippen LogP contribution is 2.21. The molecule has 1 atom stereocenters. The minimum atomic E-state index is -0.307. The minimum Gasteiger partial charge on any atom is -0.383 e. The summed E-state index contributed by atoms with van der Waals surface area (Å²) in [4.78, 5) is 25.7. The number of likely N-dealkylation sites (tertiary alicyclic amines) is 1. The van der Waals surface area contributed by atoms with Crippen LogP contribution >= 0.6 is 11.7 Å². The zero-order valence-electron chi connectivity index (χ0n) is 13.3. The van der Waals surface area contributed by atoms with Crippen LogP contribution in [0, 0.1) is 5.92 Å². The second-order valence-electron chi connectivity index (χ2n) is 5.68. The van der Waals surface area contributed by atoms with Gasteiger partial charge < -0.3 is 20.3 Å². The summed E-state index contributed by atoms with van der Waals surface area (Å²) in [5.74, 6) is 0.231. The Labute approximate surface area is 143 Å². The van der Waals surface area contributed by atoms with Crippen molar-refractivity contribution < 1.29 is 14.3 Å². The van der Waals surface area contributed by atoms with E-state index in [1.54, 1.807) is 18.1 Å². The van der Waals surface area contributed by atoms with Crippen LogP contribution in [-0.4, -0.2) is 58.9 Å². The SMILES string of the molecule is COCCN1C[C@H](CNC(=O)Nc2cccc3nsnc23)CC1=O. The van der Waals surface area contributed by atoms with Gasteiger partial charge in [0.2, 0.25) is 5.91 Å². The van der Waals surface area contributed by atoms with Crippen molar-refractivity contribution in [2.45, 2.75) is 6.42 Å². The van der Waals surface area contributed by atoms with E-state index in [0.29, 0.717) is 43.9 Å². The first-order chi connectivity index (χ1) is 11.7. The molecule has 1 aromatic carbocycles. The van der Waals surface area contributed by atoms with Crippen LogP contribution in [0.1, 0.15) is 6.42 Å². The van der Waals surface area contributed by atoms with Crippen LogP contribution in [0.3, 0.4) is 0 Å². The normalized spacial score (nSPS) is 17.5. The van der Waals surface area contributed by atoms with Crippen LogP contribution in [0.4, 0.5) is 10.5 Å². The van der Waals surface area contributed by atoms with Crippen molar-refractivity contribution in [2.24, 2.45) is 5.92 Å². The van der Waals surface area contributed by atoms with Crippen LogP contribution in [0.2, 0.25) is 0 Å². The molecule has 1 saturated heterocycles. The number of methoxy groups -OCH3 is 1. The molecule has 0 aliphatic carbocycles. The quantitative estimate of drug-likeness (QED) is 0.820. The molecule has 1 fully saturated rings. The molecule has 3 amide bonds. The molecule has 8 nitrogen and oxygen atoms in total. The van der Waals surface area contributed by atoms with E-state index in [4.69, 9.17) is 4.74 Å². The van der Waals surface area contributed by atoms with Gasteiger partial charge in [-0.1, -0.05) is 6.07 Å². The number of hydrogen-bond acceptors (Lipinski definition) is 6. The average Bonchev–Trinajstić information content (AvgIpc) is 3.18. The van der Waals surface area contributed by atoms with Gasteiger partial charge in [0.25, 0.3) is 0 Å². The third-order valence-corrected chi connectivity index (χ3v) is 4.49. The molecule has 1 aliphatic rings. The van der Waals surface area contributed by atoms with Crippen molar-refractivity contribution in [1.29, 1.82) is 0 Å². The third-order valence-electron chi connectivity index (χ3n) is 3.95. The van der Waals surface area contributed by atoms with Crippen LogP contribution in [0.15, 0.2) is 18.2 Å². The molecule has 1 aliphatic heterocycles. The number of fused-ring (bicyclic) bond motifs is 1. The summed E-state index contributed by atoms with van der Waals surface area (Å²) in [5, 5.41) is 5.61. The Bertz CT molecular complexity index is 735. The van der Waals surface area contributed by atoms with Crippen LogP contribution < -0.4 is 10.6 Å². The Morgan fingerprint density at radius 3 is 3.17 bits per heavy atom. The van der Waals surface area contributed by atoms with Gasteiger partial charge in [-0.15, -0.1) is 0 Å². The Morgan fingerprint density at radius 1 is 1.46 bits per heavy atom. The number of carbonyl (C=O) groups excluding carboxylic acids is 2. The first-order valence-corrected chi connectivity index (χ1v) is 8.43.